The molecule has 0 saturated carbocycles. The zero-order valence-corrected chi connectivity index (χ0v) is 11.4. The number of benzene rings is 2. The summed E-state index contributed by atoms with van der Waals surface area (Å²) in [6.07, 6.45) is 0.921. The lowest BCUT2D eigenvalue weighted by Gasteiger charge is -2.18. The molecule has 1 amide bonds. The first-order valence-corrected chi connectivity index (χ1v) is 6.38. The lowest BCUT2D eigenvalue weighted by atomic mass is 10.1. The SMILES string of the molecule is CCc1ccc(N(C)C(=O)c2ccc(O)cc2F)cc1. The van der Waals surface area contributed by atoms with Crippen molar-refractivity contribution in [2.24, 2.45) is 0 Å². The third-order valence-electron chi connectivity index (χ3n) is 3.22. The van der Waals surface area contributed by atoms with Crippen LogP contribution in [0.4, 0.5) is 10.1 Å². The summed E-state index contributed by atoms with van der Waals surface area (Å²) in [7, 11) is 1.59. The Morgan fingerprint density at radius 2 is 1.85 bits per heavy atom. The Hall–Kier alpha value is -2.36. The number of anilines is 1. The average Bonchev–Trinajstić information content (AvgIpc) is 2.46. The number of nitrogens with zero attached hydrogens (tertiary/aromatic N) is 1. The molecule has 3 nitrogen and oxygen atoms in total. The minimum atomic E-state index is -0.730. The van der Waals surface area contributed by atoms with Gasteiger partial charge in [-0.25, -0.2) is 4.39 Å². The van der Waals surface area contributed by atoms with Gasteiger partial charge in [0.2, 0.25) is 0 Å². The van der Waals surface area contributed by atoms with Crippen LogP contribution in [0.2, 0.25) is 0 Å². The summed E-state index contributed by atoms with van der Waals surface area (Å²) in [4.78, 5) is 13.6. The second-order valence-electron chi connectivity index (χ2n) is 4.55. The minimum absolute atomic E-state index is 0.0649. The van der Waals surface area contributed by atoms with Crippen molar-refractivity contribution in [1.82, 2.24) is 0 Å². The van der Waals surface area contributed by atoms with Crippen LogP contribution in [0.5, 0.6) is 5.75 Å². The summed E-state index contributed by atoms with van der Waals surface area (Å²) >= 11 is 0. The molecule has 0 aromatic heterocycles. The van der Waals surface area contributed by atoms with E-state index in [1.165, 1.54) is 22.6 Å². The maximum atomic E-state index is 13.7. The van der Waals surface area contributed by atoms with Gasteiger partial charge in [0.05, 0.1) is 5.56 Å². The number of halogens is 1. The monoisotopic (exact) mass is 273 g/mol. The van der Waals surface area contributed by atoms with Crippen molar-refractivity contribution in [1.29, 1.82) is 0 Å². The zero-order valence-electron chi connectivity index (χ0n) is 11.4. The lowest BCUT2D eigenvalue weighted by molar-refractivity contribution is 0.0989. The Bertz CT molecular complexity index is 623. The number of hydrogen-bond acceptors (Lipinski definition) is 2. The highest BCUT2D eigenvalue weighted by Crippen LogP contribution is 2.20. The van der Waals surface area contributed by atoms with Crippen LogP contribution >= 0.6 is 0 Å². The zero-order chi connectivity index (χ0) is 14.7. The normalized spacial score (nSPS) is 10.3. The van der Waals surface area contributed by atoms with Crippen LogP contribution in [0.1, 0.15) is 22.8 Å². The highest BCUT2D eigenvalue weighted by molar-refractivity contribution is 6.05. The van der Waals surface area contributed by atoms with Crippen LogP contribution in [0.3, 0.4) is 0 Å². The van der Waals surface area contributed by atoms with Crippen LogP contribution in [0.25, 0.3) is 0 Å². The van der Waals surface area contributed by atoms with Gasteiger partial charge in [0.15, 0.2) is 0 Å². The largest absolute Gasteiger partial charge is 0.508 e. The molecule has 20 heavy (non-hydrogen) atoms. The second-order valence-corrected chi connectivity index (χ2v) is 4.55. The standard InChI is InChI=1S/C16H16FNO2/c1-3-11-4-6-12(7-5-11)18(2)16(20)14-9-8-13(19)10-15(14)17/h4-10,19H,3H2,1-2H3. The van der Waals surface area contributed by atoms with Crippen LogP contribution in [0.15, 0.2) is 42.5 Å². The molecule has 2 aromatic carbocycles. The molecule has 0 aliphatic heterocycles. The molecule has 0 radical (unpaired) electrons. The summed E-state index contributed by atoms with van der Waals surface area (Å²) in [6, 6.07) is 11.0. The van der Waals surface area contributed by atoms with Gasteiger partial charge in [-0.1, -0.05) is 19.1 Å². The van der Waals surface area contributed by atoms with Gasteiger partial charge in [-0.15, -0.1) is 0 Å². The Morgan fingerprint density at radius 1 is 1.20 bits per heavy atom. The summed E-state index contributed by atoms with van der Waals surface area (Å²) in [5.41, 5.74) is 1.80. The molecule has 104 valence electrons. The first kappa shape index (κ1) is 14.1. The predicted octanol–water partition coefficient (Wildman–Crippen LogP) is 3.37. The molecule has 0 fully saturated rings. The molecule has 0 bridgehead atoms. The van der Waals surface area contributed by atoms with Crippen LogP contribution in [-0.2, 0) is 6.42 Å². The van der Waals surface area contributed by atoms with E-state index in [0.29, 0.717) is 5.69 Å². The van der Waals surface area contributed by atoms with E-state index in [4.69, 9.17) is 5.11 Å². The van der Waals surface area contributed by atoms with Gasteiger partial charge in [-0.2, -0.15) is 0 Å². The molecule has 0 aliphatic carbocycles. The van der Waals surface area contributed by atoms with E-state index in [0.717, 1.165) is 12.5 Å². The molecule has 2 rings (SSSR count). The molecule has 1 N–H and O–H groups in total. The summed E-state index contributed by atoms with van der Waals surface area (Å²) in [6.45, 7) is 2.05. The molecule has 0 aliphatic rings. The first-order valence-electron chi connectivity index (χ1n) is 6.38. The molecule has 4 heteroatoms. The van der Waals surface area contributed by atoms with Crippen LogP contribution in [-0.4, -0.2) is 18.1 Å². The van der Waals surface area contributed by atoms with Gasteiger partial charge >= 0.3 is 0 Å². The molecule has 0 saturated heterocycles. The van der Waals surface area contributed by atoms with Crippen molar-refractivity contribution in [3.05, 3.63) is 59.4 Å². The van der Waals surface area contributed by atoms with Crippen molar-refractivity contribution in [3.63, 3.8) is 0 Å². The van der Waals surface area contributed by atoms with E-state index in [1.807, 2.05) is 24.3 Å². The number of aromatic hydroxyl groups is 1. The maximum Gasteiger partial charge on any atom is 0.260 e. The quantitative estimate of drug-likeness (QED) is 0.931. The van der Waals surface area contributed by atoms with E-state index in [2.05, 4.69) is 6.92 Å². The van der Waals surface area contributed by atoms with Crippen LogP contribution in [0, 0.1) is 5.82 Å². The van der Waals surface area contributed by atoms with Gasteiger partial charge in [0.1, 0.15) is 11.6 Å². The van der Waals surface area contributed by atoms with E-state index < -0.39 is 11.7 Å². The van der Waals surface area contributed by atoms with Crippen molar-refractivity contribution >= 4 is 11.6 Å². The number of amides is 1. The molecule has 2 aromatic rings. The fourth-order valence-corrected chi connectivity index (χ4v) is 1.93. The predicted molar refractivity (Wildman–Crippen MR) is 76.6 cm³/mol. The number of hydrogen-bond donors (Lipinski definition) is 1. The Labute approximate surface area is 117 Å². The van der Waals surface area contributed by atoms with Gasteiger partial charge < -0.3 is 10.0 Å². The number of carbonyl (C=O) groups is 1. The van der Waals surface area contributed by atoms with E-state index in [-0.39, 0.29) is 11.3 Å². The molecule has 0 spiro atoms. The molecule has 0 heterocycles. The Balaban J connectivity index is 2.27. The van der Waals surface area contributed by atoms with E-state index in [1.54, 1.807) is 7.05 Å². The van der Waals surface area contributed by atoms with Crippen molar-refractivity contribution in [2.45, 2.75) is 13.3 Å². The summed E-state index contributed by atoms with van der Waals surface area (Å²) in [5.74, 6) is -1.38. The van der Waals surface area contributed by atoms with E-state index in [9.17, 15) is 9.18 Å². The first-order chi connectivity index (χ1) is 9.52. The average molecular weight is 273 g/mol. The fraction of sp³-hybridized carbons (Fsp3) is 0.188. The third kappa shape index (κ3) is 2.79. The summed E-state index contributed by atoms with van der Waals surface area (Å²) < 4.78 is 13.7. The highest BCUT2D eigenvalue weighted by atomic mass is 19.1. The topological polar surface area (TPSA) is 40.5 Å². The lowest BCUT2D eigenvalue weighted by Crippen LogP contribution is -2.27. The van der Waals surface area contributed by atoms with E-state index >= 15 is 0 Å². The number of carbonyl (C=O) groups excluding carboxylic acids is 1. The number of rotatable bonds is 3. The summed E-state index contributed by atoms with van der Waals surface area (Å²) in [5, 5.41) is 9.17. The minimum Gasteiger partial charge on any atom is -0.508 e. The van der Waals surface area contributed by atoms with Gasteiger partial charge in [0, 0.05) is 18.8 Å². The van der Waals surface area contributed by atoms with Crippen molar-refractivity contribution < 1.29 is 14.3 Å². The van der Waals surface area contributed by atoms with Gasteiger partial charge in [-0.05, 0) is 36.2 Å². The Morgan fingerprint density at radius 3 is 2.40 bits per heavy atom. The molecular formula is C16H16FNO2. The molecular weight excluding hydrogens is 257 g/mol. The second kappa shape index (κ2) is 5.74. The van der Waals surface area contributed by atoms with Gasteiger partial charge in [0.25, 0.3) is 5.91 Å². The van der Waals surface area contributed by atoms with Crippen LogP contribution < -0.4 is 4.90 Å². The number of phenols is 1. The third-order valence-corrected chi connectivity index (χ3v) is 3.22. The molecule has 0 unspecified atom stereocenters. The Kier molecular flexibility index (Phi) is 4.03. The van der Waals surface area contributed by atoms with Crippen molar-refractivity contribution in [3.8, 4) is 5.75 Å². The molecule has 0 atom stereocenters. The maximum absolute atomic E-state index is 13.7. The number of phenolic OH excluding ortho intramolecular Hbond substituents is 1. The fourth-order valence-electron chi connectivity index (χ4n) is 1.93. The number of aryl methyl sites for hydroxylation is 1. The smallest absolute Gasteiger partial charge is 0.260 e. The van der Waals surface area contributed by atoms with Gasteiger partial charge in [-0.3, -0.25) is 4.79 Å². The highest BCUT2D eigenvalue weighted by Gasteiger charge is 2.17. The van der Waals surface area contributed by atoms with Crippen molar-refractivity contribution in [2.75, 3.05) is 11.9 Å².